The molecule has 0 aromatic carbocycles. The molecule has 0 saturated carbocycles. The van der Waals surface area contributed by atoms with Crippen LogP contribution >= 0.6 is 0 Å². The summed E-state index contributed by atoms with van der Waals surface area (Å²) >= 11 is 0. The molecule has 0 unspecified atom stereocenters. The highest BCUT2D eigenvalue weighted by atomic mass is 19.4. The molecule has 0 N–H and O–H groups in total. The first-order chi connectivity index (χ1) is 11.5. The van der Waals surface area contributed by atoms with Gasteiger partial charge in [0.25, 0.3) is 0 Å². The second-order valence-corrected chi connectivity index (χ2v) is 5.00. The zero-order chi connectivity index (χ0) is 16.9. The summed E-state index contributed by atoms with van der Waals surface area (Å²) in [6.07, 6.45) is -0.263. The van der Waals surface area contributed by atoms with Gasteiger partial charge in [0.05, 0.1) is 18.9 Å². The average Bonchev–Trinajstić information content (AvgIpc) is 3.21. The van der Waals surface area contributed by atoms with E-state index in [1.54, 1.807) is 6.20 Å². The zero-order valence-corrected chi connectivity index (χ0v) is 12.2. The summed E-state index contributed by atoms with van der Waals surface area (Å²) in [5, 5.41) is -0.0441. The lowest BCUT2D eigenvalue weighted by atomic mass is 10.1. The van der Waals surface area contributed by atoms with E-state index in [4.69, 9.17) is 9.15 Å². The molecule has 24 heavy (non-hydrogen) atoms. The van der Waals surface area contributed by atoms with Crippen LogP contribution in [-0.4, -0.2) is 26.5 Å². The average molecular weight is 334 g/mol. The molecule has 0 amide bonds. The molecule has 0 aliphatic rings. The zero-order valence-electron chi connectivity index (χ0n) is 12.2. The molecule has 0 aliphatic carbocycles. The Morgan fingerprint density at radius 2 is 2.04 bits per heavy atom. The molecule has 0 aliphatic heterocycles. The highest BCUT2D eigenvalue weighted by Gasteiger charge is 2.34. The molecule has 0 spiro atoms. The number of hydrogen-bond acceptors (Lipinski definition) is 5. The van der Waals surface area contributed by atoms with E-state index in [-0.39, 0.29) is 16.9 Å². The van der Waals surface area contributed by atoms with E-state index in [1.807, 2.05) is 0 Å². The van der Waals surface area contributed by atoms with E-state index in [0.29, 0.717) is 17.1 Å². The third-order valence-electron chi connectivity index (χ3n) is 3.57. The Morgan fingerprint density at radius 1 is 1.21 bits per heavy atom. The van der Waals surface area contributed by atoms with Crippen molar-refractivity contribution in [2.75, 3.05) is 7.11 Å². The van der Waals surface area contributed by atoms with Gasteiger partial charge in [0.1, 0.15) is 17.0 Å². The van der Waals surface area contributed by atoms with Crippen LogP contribution in [0.3, 0.4) is 0 Å². The number of alkyl halides is 3. The number of pyridine rings is 2. The van der Waals surface area contributed by atoms with Crippen LogP contribution in [0.5, 0.6) is 5.88 Å². The fourth-order valence-electron chi connectivity index (χ4n) is 2.51. The topological polar surface area (TPSA) is 65.5 Å². The number of ether oxygens (including phenoxy) is 1. The summed E-state index contributed by atoms with van der Waals surface area (Å²) < 4.78 is 51.5. The first kappa shape index (κ1) is 14.5. The number of rotatable bonds is 2. The lowest BCUT2D eigenvalue weighted by Crippen LogP contribution is -2.08. The monoisotopic (exact) mass is 334 g/mol. The van der Waals surface area contributed by atoms with E-state index in [1.165, 1.54) is 36.2 Å². The van der Waals surface area contributed by atoms with Crippen LogP contribution in [-0.2, 0) is 6.18 Å². The van der Waals surface area contributed by atoms with E-state index in [0.717, 1.165) is 6.07 Å². The Morgan fingerprint density at radius 3 is 2.71 bits per heavy atom. The quantitative estimate of drug-likeness (QED) is 0.561. The minimum absolute atomic E-state index is 0.0441. The van der Waals surface area contributed by atoms with Crippen LogP contribution in [0.4, 0.5) is 13.2 Å². The largest absolute Gasteiger partial charge is 0.481 e. The summed E-state index contributed by atoms with van der Waals surface area (Å²) in [5.74, 6) is 0.281. The number of imidazole rings is 1. The van der Waals surface area contributed by atoms with Gasteiger partial charge in [-0.2, -0.15) is 18.2 Å². The van der Waals surface area contributed by atoms with Crippen molar-refractivity contribution in [3.8, 4) is 17.3 Å². The first-order valence-electron chi connectivity index (χ1n) is 6.80. The molecule has 0 bridgehead atoms. The van der Waals surface area contributed by atoms with Gasteiger partial charge in [0.15, 0.2) is 12.2 Å². The van der Waals surface area contributed by atoms with Crippen LogP contribution < -0.4 is 4.74 Å². The predicted molar refractivity (Wildman–Crippen MR) is 77.5 cm³/mol. The molecule has 122 valence electrons. The van der Waals surface area contributed by atoms with Crippen LogP contribution in [0.2, 0.25) is 0 Å². The Hall–Kier alpha value is -3.10. The van der Waals surface area contributed by atoms with Crippen LogP contribution in [0.25, 0.3) is 28.1 Å². The van der Waals surface area contributed by atoms with Crippen molar-refractivity contribution in [2.24, 2.45) is 0 Å². The smallest absolute Gasteiger partial charge is 0.417 e. The lowest BCUT2D eigenvalue weighted by molar-refractivity contribution is -0.136. The summed E-state index contributed by atoms with van der Waals surface area (Å²) in [7, 11) is 1.27. The van der Waals surface area contributed by atoms with Crippen LogP contribution in [0, 0.1) is 0 Å². The molecule has 4 rings (SSSR count). The third-order valence-corrected chi connectivity index (χ3v) is 3.57. The van der Waals surface area contributed by atoms with E-state index >= 15 is 0 Å². The van der Waals surface area contributed by atoms with Crippen LogP contribution in [0.15, 0.2) is 41.4 Å². The number of fused-ring (bicyclic) bond motifs is 3. The fourth-order valence-corrected chi connectivity index (χ4v) is 2.51. The lowest BCUT2D eigenvalue weighted by Gasteiger charge is -2.12. The van der Waals surface area contributed by atoms with Gasteiger partial charge in [-0.3, -0.25) is 4.40 Å². The van der Waals surface area contributed by atoms with Crippen molar-refractivity contribution in [3.05, 3.63) is 42.5 Å². The maximum absolute atomic E-state index is 13.3. The number of aromatic nitrogens is 4. The predicted octanol–water partition coefficient (Wildman–Crippen LogP) is 3.56. The maximum atomic E-state index is 13.3. The van der Waals surface area contributed by atoms with Crippen molar-refractivity contribution in [3.63, 3.8) is 0 Å². The molecule has 0 fully saturated rings. The molecule has 9 heteroatoms. The molecular weight excluding hydrogens is 325 g/mol. The Kier molecular flexibility index (Phi) is 2.99. The number of nitrogens with zero attached hydrogens (tertiary/aromatic N) is 4. The van der Waals surface area contributed by atoms with Gasteiger partial charge in [-0.1, -0.05) is 0 Å². The van der Waals surface area contributed by atoms with Gasteiger partial charge in [-0.05, 0) is 12.1 Å². The maximum Gasteiger partial charge on any atom is 0.417 e. The van der Waals surface area contributed by atoms with Crippen molar-refractivity contribution in [2.45, 2.75) is 6.18 Å². The Balaban J connectivity index is 2.07. The van der Waals surface area contributed by atoms with Gasteiger partial charge in [-0.25, -0.2) is 9.97 Å². The van der Waals surface area contributed by atoms with Crippen molar-refractivity contribution in [1.29, 1.82) is 0 Å². The second-order valence-electron chi connectivity index (χ2n) is 5.00. The first-order valence-corrected chi connectivity index (χ1v) is 6.80. The normalized spacial score (nSPS) is 12.2. The highest BCUT2D eigenvalue weighted by molar-refractivity contribution is 5.84. The fraction of sp³-hybridized carbons (Fsp3) is 0.133. The number of hydrogen-bond donors (Lipinski definition) is 0. The van der Waals surface area contributed by atoms with Gasteiger partial charge in [0.2, 0.25) is 5.88 Å². The van der Waals surface area contributed by atoms with Crippen molar-refractivity contribution < 1.29 is 22.3 Å². The van der Waals surface area contributed by atoms with Crippen molar-refractivity contribution >= 4 is 16.7 Å². The van der Waals surface area contributed by atoms with Gasteiger partial charge >= 0.3 is 6.18 Å². The van der Waals surface area contributed by atoms with E-state index < -0.39 is 11.7 Å². The summed E-state index contributed by atoms with van der Waals surface area (Å²) in [4.78, 5) is 12.3. The van der Waals surface area contributed by atoms with Gasteiger partial charge in [0, 0.05) is 17.6 Å². The molecule has 4 heterocycles. The number of halogens is 3. The molecule has 0 saturated heterocycles. The molecular formula is C15H9F3N4O2. The third kappa shape index (κ3) is 2.16. The van der Waals surface area contributed by atoms with Gasteiger partial charge < -0.3 is 9.15 Å². The molecule has 6 nitrogen and oxygen atoms in total. The minimum atomic E-state index is -4.53. The number of methoxy groups -OCH3 is 1. The van der Waals surface area contributed by atoms with E-state index in [2.05, 4.69) is 15.0 Å². The standard InChI is InChI=1S/C15H9F3N4O2/c1-23-13-4-9(15(16,17)18)8-2-3-12-20-10(11-5-19-7-24-11)6-22(12)14(8)21-13/h2-7H,1H3. The second kappa shape index (κ2) is 4.95. The molecule has 4 aromatic rings. The van der Waals surface area contributed by atoms with Crippen LogP contribution in [0.1, 0.15) is 5.56 Å². The SMILES string of the molecule is COc1cc(C(F)(F)F)c2ccc3nc(-c4cnco4)cn3c2n1. The Bertz CT molecular complexity index is 1040. The Labute approximate surface area is 132 Å². The van der Waals surface area contributed by atoms with E-state index in [9.17, 15) is 13.2 Å². The minimum Gasteiger partial charge on any atom is -0.481 e. The molecule has 0 radical (unpaired) electrons. The van der Waals surface area contributed by atoms with Crippen molar-refractivity contribution in [1.82, 2.24) is 19.4 Å². The molecule has 4 aromatic heterocycles. The highest BCUT2D eigenvalue weighted by Crippen LogP contribution is 2.36. The number of oxazole rings is 1. The molecule has 0 atom stereocenters. The van der Waals surface area contributed by atoms with Gasteiger partial charge in [-0.15, -0.1) is 0 Å². The summed E-state index contributed by atoms with van der Waals surface area (Å²) in [6, 6.07) is 3.71. The summed E-state index contributed by atoms with van der Waals surface area (Å²) in [5.41, 5.74) is 0.152. The summed E-state index contributed by atoms with van der Waals surface area (Å²) in [6.45, 7) is 0.